The maximum atomic E-state index is 13.0. The van der Waals surface area contributed by atoms with Crippen LogP contribution in [0.1, 0.15) is 50.8 Å². The molecule has 0 aromatic heterocycles. The van der Waals surface area contributed by atoms with Crippen molar-refractivity contribution in [1.29, 1.82) is 0 Å². The highest BCUT2D eigenvalue weighted by Crippen LogP contribution is 2.50. The summed E-state index contributed by atoms with van der Waals surface area (Å²) < 4.78 is 1.17. The third-order valence-electron chi connectivity index (χ3n) is 5.35. The second-order valence-corrected chi connectivity index (χ2v) is 8.76. The fourth-order valence-electron chi connectivity index (χ4n) is 4.73. The quantitative estimate of drug-likeness (QED) is 0.511. The van der Waals surface area contributed by atoms with Gasteiger partial charge < -0.3 is 5.21 Å². The van der Waals surface area contributed by atoms with Crippen LogP contribution >= 0.6 is 0 Å². The molecule has 0 unspecified atom stereocenters. The lowest BCUT2D eigenvalue weighted by Crippen LogP contribution is -2.36. The first-order chi connectivity index (χ1) is 11.8. The number of hydrogen-bond acceptors (Lipinski definition) is 1. The summed E-state index contributed by atoms with van der Waals surface area (Å²) in [5.74, 6) is 0. The van der Waals surface area contributed by atoms with Crippen molar-refractivity contribution in [1.82, 2.24) is 0 Å². The van der Waals surface area contributed by atoms with Gasteiger partial charge >= 0.3 is 0 Å². The van der Waals surface area contributed by atoms with Gasteiger partial charge in [0.05, 0.1) is 16.6 Å². The van der Waals surface area contributed by atoms with E-state index in [0.717, 1.165) is 35.4 Å². The van der Waals surface area contributed by atoms with E-state index in [4.69, 9.17) is 0 Å². The fraction of sp³-hybridized carbons (Fsp3) is 0.348. The van der Waals surface area contributed by atoms with Crippen molar-refractivity contribution in [3.05, 3.63) is 76.5 Å². The van der Waals surface area contributed by atoms with Gasteiger partial charge in [0.2, 0.25) is 11.4 Å². The monoisotopic (exact) mass is 331 g/mol. The highest BCUT2D eigenvalue weighted by atomic mass is 16.5. The van der Waals surface area contributed by atoms with Gasteiger partial charge in [0, 0.05) is 6.07 Å². The minimum atomic E-state index is -0.117. The summed E-state index contributed by atoms with van der Waals surface area (Å²) in [6, 6.07) is 16.8. The lowest BCUT2D eigenvalue weighted by Gasteiger charge is -2.36. The van der Waals surface area contributed by atoms with Crippen LogP contribution in [0.2, 0.25) is 0 Å². The van der Waals surface area contributed by atoms with Crippen LogP contribution in [-0.2, 0) is 6.42 Å². The van der Waals surface area contributed by atoms with E-state index in [1.54, 1.807) is 0 Å². The molecule has 128 valence electrons. The number of nitrogens with zero attached hydrogens (tertiary/aromatic N) is 1. The second-order valence-electron chi connectivity index (χ2n) is 8.76. The Hall–Kier alpha value is -2.35. The SMILES string of the molecule is CC1(C)C=C2C(=[N+]([O-])c3ccc(Cc4ccccc4)cc32)C(C)(C)C1. The molecule has 2 nitrogen and oxygen atoms in total. The van der Waals surface area contributed by atoms with Gasteiger partial charge in [0.25, 0.3) is 0 Å². The highest BCUT2D eigenvalue weighted by Gasteiger charge is 2.48. The molecule has 1 aliphatic heterocycles. The Morgan fingerprint density at radius 1 is 0.960 bits per heavy atom. The molecule has 0 amide bonds. The average molecular weight is 331 g/mol. The van der Waals surface area contributed by atoms with Crippen molar-refractivity contribution < 1.29 is 4.74 Å². The molecular formula is C23H25NO. The number of rotatable bonds is 2. The van der Waals surface area contributed by atoms with Crippen LogP contribution in [0.5, 0.6) is 0 Å². The number of hydrogen-bond donors (Lipinski definition) is 0. The molecular weight excluding hydrogens is 306 g/mol. The van der Waals surface area contributed by atoms with Crippen LogP contribution in [0.3, 0.4) is 0 Å². The smallest absolute Gasteiger partial charge is 0.224 e. The summed E-state index contributed by atoms with van der Waals surface area (Å²) in [7, 11) is 0. The summed E-state index contributed by atoms with van der Waals surface area (Å²) in [4.78, 5) is 0. The minimum absolute atomic E-state index is 0.0974. The Morgan fingerprint density at radius 3 is 2.40 bits per heavy atom. The molecule has 0 saturated carbocycles. The van der Waals surface area contributed by atoms with Crippen molar-refractivity contribution in [3.8, 4) is 0 Å². The molecule has 4 rings (SSSR count). The summed E-state index contributed by atoms with van der Waals surface area (Å²) in [6.07, 6.45) is 4.18. The molecule has 2 aromatic carbocycles. The number of fused-ring (bicyclic) bond motifs is 3. The minimum Gasteiger partial charge on any atom is -0.618 e. The zero-order chi connectivity index (χ0) is 17.8. The predicted molar refractivity (Wildman–Crippen MR) is 104 cm³/mol. The predicted octanol–water partition coefficient (Wildman–Crippen LogP) is 5.71. The van der Waals surface area contributed by atoms with E-state index in [2.05, 4.69) is 70.2 Å². The molecule has 2 aromatic rings. The van der Waals surface area contributed by atoms with Crippen molar-refractivity contribution >= 4 is 17.0 Å². The van der Waals surface area contributed by atoms with Crippen LogP contribution in [0.4, 0.5) is 5.69 Å². The number of allylic oxidation sites excluding steroid dienone is 2. The van der Waals surface area contributed by atoms with E-state index in [-0.39, 0.29) is 10.8 Å². The maximum Gasteiger partial charge on any atom is 0.224 e. The van der Waals surface area contributed by atoms with Crippen molar-refractivity contribution in [3.63, 3.8) is 0 Å². The first kappa shape index (κ1) is 16.1. The molecule has 0 spiro atoms. The first-order valence-corrected chi connectivity index (χ1v) is 9.02. The third-order valence-corrected chi connectivity index (χ3v) is 5.35. The van der Waals surface area contributed by atoms with Gasteiger partial charge in [-0.05, 0) is 49.3 Å². The molecule has 2 heteroatoms. The van der Waals surface area contributed by atoms with Gasteiger partial charge in [0.15, 0.2) is 0 Å². The summed E-state index contributed by atoms with van der Waals surface area (Å²) in [5.41, 5.74) is 6.49. The van der Waals surface area contributed by atoms with E-state index in [9.17, 15) is 5.21 Å². The van der Waals surface area contributed by atoms with Gasteiger partial charge in [-0.15, -0.1) is 0 Å². The lowest BCUT2D eigenvalue weighted by molar-refractivity contribution is -0.361. The topological polar surface area (TPSA) is 26.1 Å². The van der Waals surface area contributed by atoms with E-state index in [0.29, 0.717) is 0 Å². The fourth-order valence-corrected chi connectivity index (χ4v) is 4.73. The summed E-state index contributed by atoms with van der Waals surface area (Å²) in [5, 5.41) is 13.0. The molecule has 1 aliphatic carbocycles. The molecule has 0 bridgehead atoms. The largest absolute Gasteiger partial charge is 0.618 e. The standard InChI is InChI=1S/C23H25NO/c1-22(2)14-19-18-13-17(12-16-8-6-5-7-9-16)10-11-20(18)24(25)21(19)23(3,4)15-22/h5-11,13-14H,12,15H2,1-4H3. The zero-order valence-electron chi connectivity index (χ0n) is 15.5. The Bertz CT molecular complexity index is 901. The molecule has 2 aliphatic rings. The van der Waals surface area contributed by atoms with Crippen LogP contribution in [0.15, 0.2) is 54.6 Å². The van der Waals surface area contributed by atoms with Crippen LogP contribution in [-0.4, -0.2) is 10.5 Å². The lowest BCUT2D eigenvalue weighted by atomic mass is 9.65. The molecule has 0 fully saturated rings. The van der Waals surface area contributed by atoms with Gasteiger partial charge in [0.1, 0.15) is 0 Å². The van der Waals surface area contributed by atoms with Crippen LogP contribution in [0, 0.1) is 16.0 Å². The van der Waals surface area contributed by atoms with Gasteiger partial charge in [-0.2, -0.15) is 4.74 Å². The van der Waals surface area contributed by atoms with E-state index in [1.807, 2.05) is 12.1 Å². The van der Waals surface area contributed by atoms with E-state index < -0.39 is 0 Å². The van der Waals surface area contributed by atoms with Crippen molar-refractivity contribution in [2.45, 2.75) is 40.5 Å². The average Bonchev–Trinajstić information content (AvgIpc) is 2.79. The summed E-state index contributed by atoms with van der Waals surface area (Å²) >= 11 is 0. The molecule has 1 heterocycles. The zero-order valence-corrected chi connectivity index (χ0v) is 15.5. The Morgan fingerprint density at radius 2 is 1.68 bits per heavy atom. The Balaban J connectivity index is 1.80. The van der Waals surface area contributed by atoms with Gasteiger partial charge in [-0.25, -0.2) is 0 Å². The second kappa shape index (κ2) is 5.32. The van der Waals surface area contributed by atoms with Gasteiger partial charge in [-0.1, -0.05) is 56.3 Å². The van der Waals surface area contributed by atoms with Gasteiger partial charge in [-0.3, -0.25) is 0 Å². The molecule has 0 N–H and O–H groups in total. The first-order valence-electron chi connectivity index (χ1n) is 9.02. The molecule has 0 atom stereocenters. The summed E-state index contributed by atoms with van der Waals surface area (Å²) in [6.45, 7) is 8.91. The van der Waals surface area contributed by atoms with E-state index >= 15 is 0 Å². The van der Waals surface area contributed by atoms with E-state index in [1.165, 1.54) is 15.9 Å². The molecule has 25 heavy (non-hydrogen) atoms. The number of benzene rings is 2. The third kappa shape index (κ3) is 2.70. The van der Waals surface area contributed by atoms with Crippen molar-refractivity contribution in [2.24, 2.45) is 10.8 Å². The molecule has 0 radical (unpaired) electrons. The molecule has 0 saturated heterocycles. The highest BCUT2D eigenvalue weighted by molar-refractivity contribution is 6.27. The van der Waals surface area contributed by atoms with Crippen LogP contribution in [0.25, 0.3) is 5.57 Å². The Kier molecular flexibility index (Phi) is 3.44. The normalized spacial score (nSPS) is 20.1. The van der Waals surface area contributed by atoms with Crippen LogP contribution < -0.4 is 0 Å². The Labute approximate surface area is 150 Å². The van der Waals surface area contributed by atoms with Crippen molar-refractivity contribution in [2.75, 3.05) is 0 Å². The maximum absolute atomic E-state index is 13.0.